The third-order valence-corrected chi connectivity index (χ3v) is 3.76. The molecule has 2 aromatic rings. The molecule has 21 heavy (non-hydrogen) atoms. The van der Waals surface area contributed by atoms with Crippen LogP contribution < -0.4 is 10.6 Å². The highest BCUT2D eigenvalue weighted by Gasteiger charge is 2.06. The minimum absolute atomic E-state index is 0.514. The normalized spacial score (nSPS) is 13.4. The molecule has 1 atom stereocenters. The molecule has 1 unspecified atom stereocenters. The first-order valence-corrected chi connectivity index (χ1v) is 7.51. The van der Waals surface area contributed by atoms with Crippen LogP contribution in [-0.4, -0.2) is 29.6 Å². The van der Waals surface area contributed by atoms with Crippen LogP contribution in [0, 0.1) is 0 Å². The molecule has 2 aromatic heterocycles. The standard InChI is InChI=1S/C17H24N4/c1-5-12(3)19-10-13(6-2)15-8-7-14-11-20-17(18-4)9-16(14)21-15/h6-9,11-12,19H,5,10H2,1-4H3,(H,18,20)/b13-6+. The largest absolute Gasteiger partial charge is 0.373 e. The van der Waals surface area contributed by atoms with Crippen molar-refractivity contribution in [2.75, 3.05) is 18.9 Å². The Morgan fingerprint density at radius 3 is 2.86 bits per heavy atom. The van der Waals surface area contributed by atoms with Crippen LogP contribution in [0.5, 0.6) is 0 Å². The monoisotopic (exact) mass is 284 g/mol. The van der Waals surface area contributed by atoms with Gasteiger partial charge in [-0.3, -0.25) is 0 Å². The molecule has 0 aliphatic heterocycles. The highest BCUT2D eigenvalue weighted by molar-refractivity contribution is 5.82. The smallest absolute Gasteiger partial charge is 0.127 e. The zero-order valence-electron chi connectivity index (χ0n) is 13.3. The predicted molar refractivity (Wildman–Crippen MR) is 90.5 cm³/mol. The summed E-state index contributed by atoms with van der Waals surface area (Å²) in [5, 5.41) is 7.63. The highest BCUT2D eigenvalue weighted by Crippen LogP contribution is 2.19. The first-order chi connectivity index (χ1) is 10.2. The van der Waals surface area contributed by atoms with Crippen molar-refractivity contribution in [2.24, 2.45) is 0 Å². The van der Waals surface area contributed by atoms with Crippen molar-refractivity contribution in [3.05, 3.63) is 36.2 Å². The molecule has 0 fully saturated rings. The Kier molecular flexibility index (Phi) is 5.28. The minimum atomic E-state index is 0.514. The van der Waals surface area contributed by atoms with E-state index in [-0.39, 0.29) is 0 Å². The lowest BCUT2D eigenvalue weighted by Gasteiger charge is -2.14. The van der Waals surface area contributed by atoms with Gasteiger partial charge in [-0.15, -0.1) is 0 Å². The number of pyridine rings is 2. The van der Waals surface area contributed by atoms with Gasteiger partial charge in [-0.2, -0.15) is 0 Å². The van der Waals surface area contributed by atoms with Gasteiger partial charge in [0.2, 0.25) is 0 Å². The fourth-order valence-electron chi connectivity index (χ4n) is 2.10. The van der Waals surface area contributed by atoms with E-state index in [0.717, 1.165) is 35.4 Å². The van der Waals surface area contributed by atoms with Gasteiger partial charge < -0.3 is 10.6 Å². The van der Waals surface area contributed by atoms with Gasteiger partial charge in [0, 0.05) is 37.3 Å². The maximum absolute atomic E-state index is 4.77. The Labute approximate surface area is 126 Å². The average molecular weight is 284 g/mol. The Morgan fingerprint density at radius 1 is 1.38 bits per heavy atom. The van der Waals surface area contributed by atoms with Gasteiger partial charge in [-0.1, -0.05) is 13.0 Å². The number of nitrogens with one attached hydrogen (secondary N) is 2. The lowest BCUT2D eigenvalue weighted by Crippen LogP contribution is -2.26. The number of anilines is 1. The first-order valence-electron chi connectivity index (χ1n) is 7.51. The first kappa shape index (κ1) is 15.4. The molecule has 0 aromatic carbocycles. The summed E-state index contributed by atoms with van der Waals surface area (Å²) in [6.07, 6.45) is 5.10. The zero-order chi connectivity index (χ0) is 15.2. The molecule has 2 rings (SSSR count). The number of aromatic nitrogens is 2. The van der Waals surface area contributed by atoms with Gasteiger partial charge in [-0.25, -0.2) is 9.97 Å². The average Bonchev–Trinajstić information content (AvgIpc) is 2.54. The molecular formula is C17H24N4. The van der Waals surface area contributed by atoms with Crippen LogP contribution in [0.15, 0.2) is 30.5 Å². The number of rotatable bonds is 6. The zero-order valence-corrected chi connectivity index (χ0v) is 13.3. The minimum Gasteiger partial charge on any atom is -0.373 e. The van der Waals surface area contributed by atoms with E-state index in [1.165, 1.54) is 5.57 Å². The van der Waals surface area contributed by atoms with Crippen LogP contribution in [0.2, 0.25) is 0 Å². The van der Waals surface area contributed by atoms with Crippen molar-refractivity contribution in [1.29, 1.82) is 0 Å². The summed E-state index contributed by atoms with van der Waals surface area (Å²) in [7, 11) is 1.87. The molecular weight excluding hydrogens is 260 g/mol. The summed E-state index contributed by atoms with van der Waals surface area (Å²) in [6, 6.07) is 6.64. The lowest BCUT2D eigenvalue weighted by molar-refractivity contribution is 0.570. The van der Waals surface area contributed by atoms with E-state index in [9.17, 15) is 0 Å². The molecule has 0 saturated heterocycles. The number of fused-ring (bicyclic) bond motifs is 1. The summed E-state index contributed by atoms with van der Waals surface area (Å²) >= 11 is 0. The molecule has 0 amide bonds. The quantitative estimate of drug-likeness (QED) is 0.853. The van der Waals surface area contributed by atoms with Crippen LogP contribution >= 0.6 is 0 Å². The molecule has 0 spiro atoms. The Bertz CT molecular complexity index is 634. The van der Waals surface area contributed by atoms with Crippen molar-refractivity contribution in [3.63, 3.8) is 0 Å². The van der Waals surface area contributed by atoms with Gasteiger partial charge in [0.25, 0.3) is 0 Å². The van der Waals surface area contributed by atoms with E-state index in [1.54, 1.807) is 0 Å². The fraction of sp³-hybridized carbons (Fsp3) is 0.412. The van der Waals surface area contributed by atoms with Gasteiger partial charge in [0.15, 0.2) is 0 Å². The summed E-state index contributed by atoms with van der Waals surface area (Å²) in [5.74, 6) is 0.840. The summed E-state index contributed by atoms with van der Waals surface area (Å²) in [6.45, 7) is 7.29. The number of allylic oxidation sites excluding steroid dienone is 1. The molecule has 0 aliphatic carbocycles. The van der Waals surface area contributed by atoms with Crippen LogP contribution in [0.4, 0.5) is 5.82 Å². The van der Waals surface area contributed by atoms with E-state index < -0.39 is 0 Å². The molecule has 4 nitrogen and oxygen atoms in total. The van der Waals surface area contributed by atoms with E-state index in [2.05, 4.69) is 54.6 Å². The molecule has 0 bridgehead atoms. The van der Waals surface area contributed by atoms with E-state index in [4.69, 9.17) is 4.98 Å². The topological polar surface area (TPSA) is 49.8 Å². The predicted octanol–water partition coefficient (Wildman–Crippen LogP) is 3.46. The fourth-order valence-corrected chi connectivity index (χ4v) is 2.10. The molecule has 4 heteroatoms. The lowest BCUT2D eigenvalue weighted by atomic mass is 10.1. The number of hydrogen-bond acceptors (Lipinski definition) is 4. The van der Waals surface area contributed by atoms with Crippen LogP contribution in [-0.2, 0) is 0 Å². The second kappa shape index (κ2) is 7.18. The van der Waals surface area contributed by atoms with Crippen LogP contribution in [0.25, 0.3) is 16.5 Å². The second-order valence-corrected chi connectivity index (χ2v) is 5.21. The van der Waals surface area contributed by atoms with Crippen LogP contribution in [0.1, 0.15) is 32.9 Å². The van der Waals surface area contributed by atoms with Gasteiger partial charge >= 0.3 is 0 Å². The second-order valence-electron chi connectivity index (χ2n) is 5.21. The molecule has 0 saturated carbocycles. The number of nitrogens with zero attached hydrogens (tertiary/aromatic N) is 2. The third-order valence-electron chi connectivity index (χ3n) is 3.76. The van der Waals surface area contributed by atoms with Crippen molar-refractivity contribution >= 4 is 22.3 Å². The van der Waals surface area contributed by atoms with E-state index >= 15 is 0 Å². The molecule has 0 radical (unpaired) electrons. The molecule has 2 heterocycles. The Hall–Kier alpha value is -1.94. The van der Waals surface area contributed by atoms with Gasteiger partial charge in [0.1, 0.15) is 5.82 Å². The summed E-state index contributed by atoms with van der Waals surface area (Å²) in [5.41, 5.74) is 3.21. The van der Waals surface area contributed by atoms with Crippen molar-refractivity contribution in [3.8, 4) is 0 Å². The Morgan fingerprint density at radius 2 is 2.19 bits per heavy atom. The Balaban J connectivity index is 2.27. The van der Waals surface area contributed by atoms with Gasteiger partial charge in [-0.05, 0) is 38.0 Å². The summed E-state index contributed by atoms with van der Waals surface area (Å²) < 4.78 is 0. The van der Waals surface area contributed by atoms with E-state index in [1.807, 2.05) is 19.3 Å². The van der Waals surface area contributed by atoms with Crippen LogP contribution in [0.3, 0.4) is 0 Å². The highest BCUT2D eigenvalue weighted by atomic mass is 15.0. The number of hydrogen-bond donors (Lipinski definition) is 2. The van der Waals surface area contributed by atoms with Gasteiger partial charge in [0.05, 0.1) is 11.2 Å². The van der Waals surface area contributed by atoms with Crippen molar-refractivity contribution < 1.29 is 0 Å². The maximum atomic E-state index is 4.77. The molecule has 0 aliphatic rings. The SMILES string of the molecule is C/C=C(\CNC(C)CC)c1ccc2cnc(NC)cc2n1. The maximum Gasteiger partial charge on any atom is 0.127 e. The van der Waals surface area contributed by atoms with Crippen molar-refractivity contribution in [1.82, 2.24) is 15.3 Å². The van der Waals surface area contributed by atoms with E-state index in [0.29, 0.717) is 6.04 Å². The summed E-state index contributed by atoms with van der Waals surface area (Å²) in [4.78, 5) is 9.08. The molecule has 112 valence electrons. The van der Waals surface area contributed by atoms with Crippen molar-refractivity contribution in [2.45, 2.75) is 33.2 Å². The third kappa shape index (κ3) is 3.79. The molecule has 2 N–H and O–H groups in total.